The van der Waals surface area contributed by atoms with Crippen LogP contribution in [0.15, 0.2) is 16.2 Å². The van der Waals surface area contributed by atoms with Gasteiger partial charge in [-0.05, 0) is 56.3 Å². The predicted octanol–water partition coefficient (Wildman–Crippen LogP) is 1.36. The van der Waals surface area contributed by atoms with Crippen molar-refractivity contribution in [2.45, 2.75) is 31.8 Å². The van der Waals surface area contributed by atoms with Crippen LogP contribution in [-0.4, -0.2) is 63.6 Å². The minimum absolute atomic E-state index is 0.0646. The van der Waals surface area contributed by atoms with Gasteiger partial charge in [-0.15, -0.1) is 11.3 Å². The molecule has 0 amide bonds. The first-order valence-corrected chi connectivity index (χ1v) is 9.46. The molecule has 1 atom stereocenters. The lowest BCUT2D eigenvalue weighted by Crippen LogP contribution is -2.41. The number of carboxylic acids is 1. The zero-order valence-electron chi connectivity index (χ0n) is 14.2. The average molecular weight is 362 g/mol. The molecule has 2 aromatic heterocycles. The highest BCUT2D eigenvalue weighted by atomic mass is 32.1. The molecule has 8 heteroatoms. The monoisotopic (exact) mass is 362 g/mol. The van der Waals surface area contributed by atoms with E-state index >= 15 is 0 Å². The van der Waals surface area contributed by atoms with Crippen molar-refractivity contribution in [3.8, 4) is 0 Å². The van der Waals surface area contributed by atoms with Crippen molar-refractivity contribution in [3.63, 3.8) is 0 Å². The Labute approximate surface area is 149 Å². The number of aliphatic carboxylic acids is 1. The number of carboxylic acid groups (broad SMARTS) is 1. The van der Waals surface area contributed by atoms with Crippen molar-refractivity contribution >= 4 is 27.5 Å². The number of H-pyrrole nitrogens is 1. The van der Waals surface area contributed by atoms with Gasteiger partial charge in [0.2, 0.25) is 0 Å². The standard InChI is InChI=1S/C17H22N4O3S/c1-20-10-17(8-12(20)16(23)24)3-5-21(6-4-17)9-13-18-11-2-7-25-14(11)15(22)19-13/h2,7,12H,3-6,8-10H2,1H3,(H,23,24)(H,18,19,22)/t12-/m0/s1. The molecule has 0 unspecified atom stereocenters. The molecule has 4 rings (SSSR count). The van der Waals surface area contributed by atoms with Crippen molar-refractivity contribution in [1.29, 1.82) is 0 Å². The Morgan fingerprint density at radius 1 is 1.48 bits per heavy atom. The van der Waals surface area contributed by atoms with E-state index in [-0.39, 0.29) is 17.0 Å². The van der Waals surface area contributed by atoms with E-state index in [1.165, 1.54) is 11.3 Å². The Morgan fingerprint density at radius 2 is 2.24 bits per heavy atom. The molecule has 1 spiro atoms. The molecular weight excluding hydrogens is 340 g/mol. The van der Waals surface area contributed by atoms with Crippen LogP contribution in [0.3, 0.4) is 0 Å². The fourth-order valence-corrected chi connectivity index (χ4v) is 5.03. The van der Waals surface area contributed by atoms with Crippen LogP contribution >= 0.6 is 11.3 Å². The molecule has 134 valence electrons. The van der Waals surface area contributed by atoms with Crippen LogP contribution in [0.4, 0.5) is 0 Å². The number of thiophene rings is 1. The fourth-order valence-electron chi connectivity index (χ4n) is 4.30. The molecule has 0 radical (unpaired) electrons. The van der Waals surface area contributed by atoms with Crippen molar-refractivity contribution in [3.05, 3.63) is 27.6 Å². The average Bonchev–Trinajstić information content (AvgIpc) is 3.15. The van der Waals surface area contributed by atoms with Gasteiger partial charge in [0.15, 0.2) is 0 Å². The number of hydrogen-bond donors (Lipinski definition) is 2. The lowest BCUT2D eigenvalue weighted by molar-refractivity contribution is -0.141. The minimum atomic E-state index is -0.715. The Kier molecular flexibility index (Phi) is 4.13. The van der Waals surface area contributed by atoms with Gasteiger partial charge in [0.25, 0.3) is 5.56 Å². The Balaban J connectivity index is 1.42. The number of nitrogens with zero attached hydrogens (tertiary/aromatic N) is 3. The second-order valence-corrected chi connectivity index (χ2v) is 8.31. The summed E-state index contributed by atoms with van der Waals surface area (Å²) in [7, 11) is 1.91. The molecule has 2 fully saturated rings. The van der Waals surface area contributed by atoms with E-state index in [9.17, 15) is 14.7 Å². The van der Waals surface area contributed by atoms with Crippen LogP contribution in [0.1, 0.15) is 25.1 Å². The number of likely N-dealkylation sites (N-methyl/N-ethyl adjacent to an activating group) is 1. The van der Waals surface area contributed by atoms with Gasteiger partial charge >= 0.3 is 5.97 Å². The highest BCUT2D eigenvalue weighted by Gasteiger charge is 2.46. The molecule has 2 aliphatic rings. The smallest absolute Gasteiger partial charge is 0.320 e. The molecule has 2 aliphatic heterocycles. The van der Waals surface area contributed by atoms with E-state index in [0.717, 1.165) is 44.4 Å². The molecular formula is C17H22N4O3S. The summed E-state index contributed by atoms with van der Waals surface area (Å²) in [5, 5.41) is 11.2. The number of likely N-dealkylation sites (tertiary alicyclic amines) is 2. The summed E-state index contributed by atoms with van der Waals surface area (Å²) in [6.45, 7) is 3.31. The Hall–Kier alpha value is -1.77. The maximum absolute atomic E-state index is 12.1. The van der Waals surface area contributed by atoms with Crippen molar-refractivity contribution in [1.82, 2.24) is 19.8 Å². The molecule has 2 aromatic rings. The second-order valence-electron chi connectivity index (χ2n) is 7.40. The number of nitrogens with one attached hydrogen (secondary N) is 1. The largest absolute Gasteiger partial charge is 0.480 e. The van der Waals surface area contributed by atoms with Crippen LogP contribution in [0.2, 0.25) is 0 Å². The molecule has 4 heterocycles. The molecule has 25 heavy (non-hydrogen) atoms. The Morgan fingerprint density at radius 3 is 2.92 bits per heavy atom. The fraction of sp³-hybridized carbons (Fsp3) is 0.588. The summed E-state index contributed by atoms with van der Waals surface area (Å²) in [4.78, 5) is 35.2. The van der Waals surface area contributed by atoms with Crippen LogP contribution in [0.5, 0.6) is 0 Å². The van der Waals surface area contributed by atoms with Gasteiger partial charge in [0.05, 0.1) is 12.1 Å². The van der Waals surface area contributed by atoms with E-state index in [4.69, 9.17) is 0 Å². The second kappa shape index (κ2) is 6.19. The van der Waals surface area contributed by atoms with Crippen LogP contribution in [0.25, 0.3) is 10.2 Å². The quantitative estimate of drug-likeness (QED) is 0.857. The third-order valence-electron chi connectivity index (χ3n) is 5.68. The molecule has 0 saturated carbocycles. The van der Waals surface area contributed by atoms with E-state index in [1.807, 2.05) is 23.4 Å². The number of aromatic nitrogens is 2. The van der Waals surface area contributed by atoms with E-state index < -0.39 is 5.97 Å². The summed E-state index contributed by atoms with van der Waals surface area (Å²) in [5.74, 6) is -0.00792. The zero-order chi connectivity index (χ0) is 17.6. The van der Waals surface area contributed by atoms with Gasteiger partial charge < -0.3 is 10.1 Å². The number of piperidine rings is 1. The number of hydrogen-bond acceptors (Lipinski definition) is 6. The minimum Gasteiger partial charge on any atom is -0.480 e. The van der Waals surface area contributed by atoms with Gasteiger partial charge in [-0.1, -0.05) is 0 Å². The van der Waals surface area contributed by atoms with Crippen molar-refractivity contribution in [2.75, 3.05) is 26.7 Å². The van der Waals surface area contributed by atoms with Gasteiger partial charge in [-0.25, -0.2) is 4.98 Å². The molecule has 7 nitrogen and oxygen atoms in total. The zero-order valence-corrected chi connectivity index (χ0v) is 15.0. The first-order chi connectivity index (χ1) is 12.0. The van der Waals surface area contributed by atoms with Crippen molar-refractivity contribution in [2.24, 2.45) is 5.41 Å². The molecule has 0 bridgehead atoms. The topological polar surface area (TPSA) is 89.5 Å². The van der Waals surface area contributed by atoms with E-state index in [1.54, 1.807) is 0 Å². The van der Waals surface area contributed by atoms with E-state index in [2.05, 4.69) is 14.9 Å². The normalized spacial score (nSPS) is 24.3. The molecule has 2 N–H and O–H groups in total. The first-order valence-electron chi connectivity index (χ1n) is 8.58. The maximum Gasteiger partial charge on any atom is 0.320 e. The predicted molar refractivity (Wildman–Crippen MR) is 95.9 cm³/mol. The van der Waals surface area contributed by atoms with Gasteiger partial charge in [-0.3, -0.25) is 19.4 Å². The number of fused-ring (bicyclic) bond motifs is 1. The van der Waals surface area contributed by atoms with Gasteiger partial charge in [0, 0.05) is 6.54 Å². The van der Waals surface area contributed by atoms with Gasteiger partial charge in [-0.2, -0.15) is 0 Å². The summed E-state index contributed by atoms with van der Waals surface area (Å²) < 4.78 is 0.676. The maximum atomic E-state index is 12.1. The van der Waals surface area contributed by atoms with Crippen molar-refractivity contribution < 1.29 is 9.90 Å². The third kappa shape index (κ3) is 3.09. The molecule has 0 aliphatic carbocycles. The third-order valence-corrected chi connectivity index (χ3v) is 6.58. The molecule has 2 saturated heterocycles. The number of rotatable bonds is 3. The number of aromatic amines is 1. The van der Waals surface area contributed by atoms with Crippen LogP contribution in [-0.2, 0) is 11.3 Å². The summed E-state index contributed by atoms with van der Waals surface area (Å²) in [6.07, 6.45) is 2.72. The summed E-state index contributed by atoms with van der Waals surface area (Å²) >= 11 is 1.41. The lowest BCUT2D eigenvalue weighted by atomic mass is 9.76. The first kappa shape index (κ1) is 16.7. The Bertz CT molecular complexity index is 853. The molecule has 0 aromatic carbocycles. The highest BCUT2D eigenvalue weighted by Crippen LogP contribution is 2.42. The lowest BCUT2D eigenvalue weighted by Gasteiger charge is -2.39. The summed E-state index contributed by atoms with van der Waals surface area (Å²) in [5.41, 5.74) is 0.816. The van der Waals surface area contributed by atoms with E-state index in [0.29, 0.717) is 17.1 Å². The van der Waals surface area contributed by atoms with Crippen LogP contribution < -0.4 is 5.56 Å². The highest BCUT2D eigenvalue weighted by molar-refractivity contribution is 7.17. The van der Waals surface area contributed by atoms with Gasteiger partial charge in [0.1, 0.15) is 16.6 Å². The number of carbonyl (C=O) groups is 1. The summed E-state index contributed by atoms with van der Waals surface area (Å²) in [6, 6.07) is 1.52. The van der Waals surface area contributed by atoms with Crippen LogP contribution in [0, 0.1) is 5.41 Å². The SMILES string of the molecule is CN1CC2(CCN(Cc3nc4ccsc4c(=O)[nH]3)CC2)C[C@H]1C(=O)O.